The van der Waals surface area contributed by atoms with Crippen LogP contribution in [0.5, 0.6) is 0 Å². The van der Waals surface area contributed by atoms with Crippen LogP contribution in [0.4, 0.5) is 0 Å². The minimum absolute atomic E-state index is 0.727. The van der Waals surface area contributed by atoms with Crippen molar-refractivity contribution < 1.29 is 0 Å². The Bertz CT molecular complexity index is 357. The Balaban J connectivity index is 3.93. The Hall–Kier alpha value is -0.110. The van der Waals surface area contributed by atoms with E-state index >= 15 is 0 Å². The molecule has 1 atom stereocenters. The normalized spacial score (nSPS) is 12.2. The summed E-state index contributed by atoms with van der Waals surface area (Å²) in [6.07, 6.45) is 30.6. The van der Waals surface area contributed by atoms with E-state index in [-0.39, 0.29) is 0 Å². The van der Waals surface area contributed by atoms with E-state index in [9.17, 15) is 0 Å². The molecular formula is C30H61NS. The van der Waals surface area contributed by atoms with Crippen molar-refractivity contribution in [1.29, 1.82) is 0 Å². The van der Waals surface area contributed by atoms with E-state index in [1.807, 2.05) is 0 Å². The van der Waals surface area contributed by atoms with E-state index in [0.29, 0.717) is 0 Å². The maximum Gasteiger partial charge on any atom is 0.0781 e. The average molecular weight is 468 g/mol. The molecule has 0 aromatic carbocycles. The highest BCUT2D eigenvalue weighted by Gasteiger charge is 2.12. The highest BCUT2D eigenvalue weighted by atomic mass is 32.1. The molecule has 0 aromatic heterocycles. The molecule has 0 saturated carbocycles. The lowest BCUT2D eigenvalue weighted by Gasteiger charge is -2.27. The van der Waals surface area contributed by atoms with Gasteiger partial charge >= 0.3 is 0 Å². The first-order chi connectivity index (χ1) is 15.7. The standard InChI is InChI=1S/C30H61NS/c1-5-8-10-12-14-16-18-20-22-24-26-31(30(32)28-29(4)7-3)27-25-23-21-19-17-15-13-11-9-6-2/h29H,5-28H2,1-4H3. The molecule has 0 spiro atoms. The zero-order valence-electron chi connectivity index (χ0n) is 22.9. The lowest BCUT2D eigenvalue weighted by Crippen LogP contribution is -2.32. The van der Waals surface area contributed by atoms with Gasteiger partial charge in [0.1, 0.15) is 0 Å². The Morgan fingerprint density at radius 3 is 1.16 bits per heavy atom. The Morgan fingerprint density at radius 2 is 0.844 bits per heavy atom. The summed E-state index contributed by atoms with van der Waals surface area (Å²) in [5, 5.41) is 0. The molecule has 0 heterocycles. The molecule has 0 rings (SSSR count). The number of unbranched alkanes of at least 4 members (excludes halogenated alkanes) is 18. The molecule has 0 aliphatic carbocycles. The molecular weight excluding hydrogens is 406 g/mol. The first-order valence-electron chi connectivity index (χ1n) is 14.9. The Morgan fingerprint density at radius 1 is 0.531 bits per heavy atom. The highest BCUT2D eigenvalue weighted by Crippen LogP contribution is 2.16. The molecule has 192 valence electrons. The third-order valence-corrected chi connectivity index (χ3v) is 7.56. The van der Waals surface area contributed by atoms with E-state index in [0.717, 1.165) is 12.3 Å². The molecule has 0 radical (unpaired) electrons. The first kappa shape index (κ1) is 31.9. The van der Waals surface area contributed by atoms with Crippen molar-refractivity contribution in [2.45, 2.75) is 169 Å². The molecule has 0 fully saturated rings. The summed E-state index contributed by atoms with van der Waals surface area (Å²) in [7, 11) is 0. The number of thiocarbonyl (C=S) groups is 1. The molecule has 0 saturated heterocycles. The summed E-state index contributed by atoms with van der Waals surface area (Å²) in [4.78, 5) is 3.82. The Kier molecular flexibility index (Phi) is 25.4. The number of hydrogen-bond acceptors (Lipinski definition) is 1. The smallest absolute Gasteiger partial charge is 0.0781 e. The predicted molar refractivity (Wildman–Crippen MR) is 152 cm³/mol. The van der Waals surface area contributed by atoms with Crippen molar-refractivity contribution in [3.05, 3.63) is 0 Å². The fraction of sp³-hybridized carbons (Fsp3) is 0.967. The van der Waals surface area contributed by atoms with E-state index in [2.05, 4.69) is 32.6 Å². The average Bonchev–Trinajstić information content (AvgIpc) is 2.79. The van der Waals surface area contributed by atoms with Crippen LogP contribution in [-0.4, -0.2) is 23.0 Å². The van der Waals surface area contributed by atoms with Crippen molar-refractivity contribution >= 4 is 17.2 Å². The van der Waals surface area contributed by atoms with Gasteiger partial charge in [-0.05, 0) is 18.8 Å². The quantitative estimate of drug-likeness (QED) is 0.0969. The van der Waals surface area contributed by atoms with Crippen LogP contribution in [0, 0.1) is 5.92 Å². The second-order valence-electron chi connectivity index (χ2n) is 10.5. The van der Waals surface area contributed by atoms with Crippen molar-refractivity contribution in [1.82, 2.24) is 4.90 Å². The summed E-state index contributed by atoms with van der Waals surface area (Å²) >= 11 is 5.88. The topological polar surface area (TPSA) is 3.24 Å². The zero-order chi connectivity index (χ0) is 23.7. The van der Waals surface area contributed by atoms with Crippen LogP contribution in [0.3, 0.4) is 0 Å². The zero-order valence-corrected chi connectivity index (χ0v) is 23.7. The largest absolute Gasteiger partial charge is 0.366 e. The summed E-state index contributed by atoms with van der Waals surface area (Å²) in [6.45, 7) is 11.6. The van der Waals surface area contributed by atoms with Gasteiger partial charge in [0.15, 0.2) is 0 Å². The summed E-state index contributed by atoms with van der Waals surface area (Å²) in [5.41, 5.74) is 0. The lowest BCUT2D eigenvalue weighted by molar-refractivity contribution is 0.376. The number of hydrogen-bond donors (Lipinski definition) is 0. The van der Waals surface area contributed by atoms with Gasteiger partial charge in [-0.25, -0.2) is 0 Å². The van der Waals surface area contributed by atoms with Gasteiger partial charge in [0.25, 0.3) is 0 Å². The van der Waals surface area contributed by atoms with Gasteiger partial charge in [-0.3, -0.25) is 0 Å². The van der Waals surface area contributed by atoms with Crippen LogP contribution in [0.1, 0.15) is 169 Å². The lowest BCUT2D eigenvalue weighted by atomic mass is 10.0. The SMILES string of the molecule is CCCCCCCCCCCCN(CCCCCCCCCCCC)C(=S)CC(C)CC. The fourth-order valence-electron chi connectivity index (χ4n) is 4.51. The van der Waals surface area contributed by atoms with Crippen LogP contribution in [0.25, 0.3) is 0 Å². The third kappa shape index (κ3) is 21.7. The summed E-state index contributed by atoms with van der Waals surface area (Å²) in [5.74, 6) is 0.727. The first-order valence-corrected chi connectivity index (χ1v) is 15.3. The molecule has 1 nitrogen and oxygen atoms in total. The monoisotopic (exact) mass is 467 g/mol. The molecule has 32 heavy (non-hydrogen) atoms. The molecule has 1 unspecified atom stereocenters. The van der Waals surface area contributed by atoms with Crippen molar-refractivity contribution in [2.75, 3.05) is 13.1 Å². The van der Waals surface area contributed by atoms with E-state index < -0.39 is 0 Å². The van der Waals surface area contributed by atoms with Crippen LogP contribution in [-0.2, 0) is 0 Å². The number of rotatable bonds is 25. The second-order valence-corrected chi connectivity index (χ2v) is 10.9. The van der Waals surface area contributed by atoms with Crippen LogP contribution in [0.15, 0.2) is 0 Å². The number of nitrogens with zero attached hydrogens (tertiary/aromatic N) is 1. The van der Waals surface area contributed by atoms with Gasteiger partial charge in [-0.15, -0.1) is 0 Å². The van der Waals surface area contributed by atoms with Gasteiger partial charge in [-0.2, -0.15) is 0 Å². The van der Waals surface area contributed by atoms with Gasteiger partial charge in [-0.1, -0.05) is 162 Å². The molecule has 0 aromatic rings. The van der Waals surface area contributed by atoms with Crippen LogP contribution in [0.2, 0.25) is 0 Å². The molecule has 2 heteroatoms. The van der Waals surface area contributed by atoms with E-state index in [1.54, 1.807) is 0 Å². The van der Waals surface area contributed by atoms with Gasteiger partial charge in [0, 0.05) is 19.5 Å². The highest BCUT2D eigenvalue weighted by molar-refractivity contribution is 7.80. The fourth-order valence-corrected chi connectivity index (χ4v) is 4.98. The van der Waals surface area contributed by atoms with E-state index in [1.165, 1.54) is 153 Å². The molecule has 0 amide bonds. The maximum atomic E-state index is 5.88. The summed E-state index contributed by atoms with van der Waals surface area (Å²) < 4.78 is 0. The molecule has 0 aliphatic rings. The maximum absolute atomic E-state index is 5.88. The minimum atomic E-state index is 0.727. The van der Waals surface area contributed by atoms with Gasteiger partial charge in [0.2, 0.25) is 0 Å². The summed E-state index contributed by atoms with van der Waals surface area (Å²) in [6, 6.07) is 0. The molecule has 0 N–H and O–H groups in total. The predicted octanol–water partition coefficient (Wildman–Crippen LogP) is 10.9. The van der Waals surface area contributed by atoms with Gasteiger partial charge in [0.05, 0.1) is 4.99 Å². The third-order valence-electron chi connectivity index (χ3n) is 7.14. The molecule has 0 bridgehead atoms. The van der Waals surface area contributed by atoms with E-state index in [4.69, 9.17) is 12.2 Å². The van der Waals surface area contributed by atoms with Gasteiger partial charge < -0.3 is 4.90 Å². The molecule has 0 aliphatic heterocycles. The van der Waals surface area contributed by atoms with Crippen LogP contribution < -0.4 is 0 Å². The second kappa shape index (κ2) is 25.5. The van der Waals surface area contributed by atoms with Crippen LogP contribution >= 0.6 is 12.2 Å². The van der Waals surface area contributed by atoms with Crippen molar-refractivity contribution in [2.24, 2.45) is 5.92 Å². The van der Waals surface area contributed by atoms with Crippen molar-refractivity contribution in [3.63, 3.8) is 0 Å². The Labute approximate surface area is 209 Å². The van der Waals surface area contributed by atoms with Crippen molar-refractivity contribution in [3.8, 4) is 0 Å². The minimum Gasteiger partial charge on any atom is -0.366 e.